The molecule has 0 aliphatic carbocycles. The Labute approximate surface area is 257 Å². The van der Waals surface area contributed by atoms with Crippen LogP contribution in [0.1, 0.15) is 49.3 Å². The standard InChI is InChI=1S/C35H38N4O5/c1-23-30(33(40)43-22-26-11-7-4-8-12-26)32(31(24(2)38-23)34(41)44-29-17-19-36-20-18-29)27-13-15-28(16-14-27)39-35(42)37-21-25-9-5-3-6-10-25/h3-16,29,32,36,38H,17-22H2,1-2H3,(H2,37,39,42). The van der Waals surface area contributed by atoms with Crippen LogP contribution in [-0.4, -0.2) is 37.2 Å². The summed E-state index contributed by atoms with van der Waals surface area (Å²) in [5.74, 6) is -1.71. The molecule has 44 heavy (non-hydrogen) atoms. The Morgan fingerprint density at radius 3 is 2.00 bits per heavy atom. The predicted octanol–water partition coefficient (Wildman–Crippen LogP) is 5.28. The molecule has 2 amide bonds. The Balaban J connectivity index is 1.38. The minimum atomic E-state index is -0.727. The fourth-order valence-electron chi connectivity index (χ4n) is 5.51. The highest BCUT2D eigenvalue weighted by molar-refractivity contribution is 6.00. The van der Waals surface area contributed by atoms with Crippen molar-refractivity contribution >= 4 is 23.7 Å². The average molecular weight is 595 g/mol. The summed E-state index contributed by atoms with van der Waals surface area (Å²) in [5.41, 5.74) is 5.04. The van der Waals surface area contributed by atoms with E-state index < -0.39 is 17.9 Å². The van der Waals surface area contributed by atoms with Crippen LogP contribution in [-0.2, 0) is 32.2 Å². The maximum atomic E-state index is 13.7. The molecule has 1 atom stereocenters. The van der Waals surface area contributed by atoms with Crippen molar-refractivity contribution in [1.82, 2.24) is 16.0 Å². The molecule has 2 heterocycles. The minimum Gasteiger partial charge on any atom is -0.459 e. The number of hydrogen-bond donors (Lipinski definition) is 4. The first-order chi connectivity index (χ1) is 21.4. The number of hydrogen-bond acceptors (Lipinski definition) is 7. The Kier molecular flexibility index (Phi) is 10.1. The summed E-state index contributed by atoms with van der Waals surface area (Å²) >= 11 is 0. The van der Waals surface area contributed by atoms with Gasteiger partial charge in [0, 0.05) is 23.6 Å². The number of nitrogens with one attached hydrogen (secondary N) is 4. The van der Waals surface area contributed by atoms with Crippen molar-refractivity contribution in [2.45, 2.75) is 51.9 Å². The van der Waals surface area contributed by atoms with Crippen LogP contribution in [0.2, 0.25) is 0 Å². The summed E-state index contributed by atoms with van der Waals surface area (Å²) in [6.45, 7) is 5.67. The molecule has 9 heteroatoms. The maximum Gasteiger partial charge on any atom is 0.337 e. The fourth-order valence-corrected chi connectivity index (χ4v) is 5.51. The number of dihydropyridines is 1. The number of esters is 2. The molecule has 0 spiro atoms. The quantitative estimate of drug-likeness (QED) is 0.249. The number of carbonyl (C=O) groups excluding carboxylic acids is 3. The van der Waals surface area contributed by atoms with Crippen LogP contribution in [0.5, 0.6) is 0 Å². The Bertz CT molecular complexity index is 1530. The van der Waals surface area contributed by atoms with Crippen molar-refractivity contribution in [3.05, 3.63) is 124 Å². The predicted molar refractivity (Wildman–Crippen MR) is 168 cm³/mol. The van der Waals surface area contributed by atoms with Crippen LogP contribution in [0.25, 0.3) is 0 Å². The van der Waals surface area contributed by atoms with Crippen LogP contribution in [0.15, 0.2) is 107 Å². The molecule has 3 aromatic carbocycles. The second kappa shape index (κ2) is 14.5. The van der Waals surface area contributed by atoms with Crippen molar-refractivity contribution in [2.75, 3.05) is 18.4 Å². The second-order valence-electron chi connectivity index (χ2n) is 11.0. The van der Waals surface area contributed by atoms with E-state index in [2.05, 4.69) is 21.3 Å². The lowest BCUT2D eigenvalue weighted by molar-refractivity contribution is -0.145. The van der Waals surface area contributed by atoms with Crippen LogP contribution in [0.3, 0.4) is 0 Å². The SMILES string of the molecule is CC1=C(C(=O)OCc2ccccc2)C(c2ccc(NC(=O)NCc3ccccc3)cc2)C(C(=O)OC2CCNCC2)=C(C)N1. The third-order valence-corrected chi connectivity index (χ3v) is 7.77. The summed E-state index contributed by atoms with van der Waals surface area (Å²) in [7, 11) is 0. The summed E-state index contributed by atoms with van der Waals surface area (Å²) in [6.07, 6.45) is 1.25. The smallest absolute Gasteiger partial charge is 0.337 e. The first-order valence-corrected chi connectivity index (χ1v) is 14.9. The number of ether oxygens (including phenoxy) is 2. The largest absolute Gasteiger partial charge is 0.459 e. The number of urea groups is 1. The van der Waals surface area contributed by atoms with E-state index in [0.717, 1.165) is 37.1 Å². The molecule has 9 nitrogen and oxygen atoms in total. The fraction of sp³-hybridized carbons (Fsp3) is 0.286. The van der Waals surface area contributed by atoms with Crippen molar-refractivity contribution in [3.8, 4) is 0 Å². The Morgan fingerprint density at radius 1 is 0.773 bits per heavy atom. The van der Waals surface area contributed by atoms with E-state index in [1.54, 1.807) is 19.1 Å². The van der Waals surface area contributed by atoms with Gasteiger partial charge in [-0.2, -0.15) is 0 Å². The van der Waals surface area contributed by atoms with Crippen molar-refractivity contribution in [3.63, 3.8) is 0 Å². The lowest BCUT2D eigenvalue weighted by atomic mass is 9.80. The van der Waals surface area contributed by atoms with Gasteiger partial charge < -0.3 is 30.7 Å². The van der Waals surface area contributed by atoms with Crippen molar-refractivity contribution in [2.24, 2.45) is 0 Å². The molecule has 4 N–H and O–H groups in total. The van der Waals surface area contributed by atoms with Crippen LogP contribution in [0, 0.1) is 0 Å². The molecule has 1 fully saturated rings. The number of amides is 2. The van der Waals surface area contributed by atoms with Gasteiger partial charge in [-0.3, -0.25) is 0 Å². The van der Waals surface area contributed by atoms with Gasteiger partial charge in [-0.15, -0.1) is 0 Å². The lowest BCUT2D eigenvalue weighted by Crippen LogP contribution is -2.37. The summed E-state index contributed by atoms with van der Waals surface area (Å²) in [6, 6.07) is 25.9. The zero-order chi connectivity index (χ0) is 30.9. The summed E-state index contributed by atoms with van der Waals surface area (Å²) in [4.78, 5) is 39.9. The molecule has 2 aliphatic rings. The van der Waals surface area contributed by atoms with E-state index in [1.807, 2.05) is 79.7 Å². The van der Waals surface area contributed by atoms with Crippen LogP contribution < -0.4 is 21.3 Å². The highest BCUT2D eigenvalue weighted by Crippen LogP contribution is 2.40. The van der Waals surface area contributed by atoms with Gasteiger partial charge in [0.05, 0.1) is 17.1 Å². The number of anilines is 1. The molecular formula is C35H38N4O5. The van der Waals surface area contributed by atoms with Crippen molar-refractivity contribution in [1.29, 1.82) is 0 Å². The van der Waals surface area contributed by atoms with E-state index >= 15 is 0 Å². The van der Waals surface area contributed by atoms with Gasteiger partial charge in [-0.25, -0.2) is 14.4 Å². The molecule has 1 unspecified atom stereocenters. The molecule has 0 aromatic heterocycles. The molecule has 0 radical (unpaired) electrons. The van der Waals surface area contributed by atoms with Gasteiger partial charge in [0.25, 0.3) is 0 Å². The topological polar surface area (TPSA) is 118 Å². The Hall–Kier alpha value is -4.89. The lowest BCUT2D eigenvalue weighted by Gasteiger charge is -2.32. The normalized spacial score (nSPS) is 17.0. The van der Waals surface area contributed by atoms with Crippen molar-refractivity contribution < 1.29 is 23.9 Å². The molecule has 228 valence electrons. The van der Waals surface area contributed by atoms with Gasteiger partial charge in [0.15, 0.2) is 0 Å². The monoisotopic (exact) mass is 594 g/mol. The zero-order valence-corrected chi connectivity index (χ0v) is 25.0. The van der Waals surface area contributed by atoms with Gasteiger partial charge in [-0.05, 0) is 68.6 Å². The molecule has 0 bridgehead atoms. The second-order valence-corrected chi connectivity index (χ2v) is 11.0. The van der Waals surface area contributed by atoms with Gasteiger partial charge in [0.1, 0.15) is 12.7 Å². The first kappa shape index (κ1) is 30.6. The maximum absolute atomic E-state index is 13.7. The highest BCUT2D eigenvalue weighted by atomic mass is 16.5. The zero-order valence-electron chi connectivity index (χ0n) is 25.0. The Morgan fingerprint density at radius 2 is 1.36 bits per heavy atom. The van der Waals surface area contributed by atoms with E-state index in [1.165, 1.54) is 0 Å². The van der Waals surface area contributed by atoms with E-state index in [0.29, 0.717) is 40.3 Å². The average Bonchev–Trinajstić information content (AvgIpc) is 3.04. The summed E-state index contributed by atoms with van der Waals surface area (Å²) in [5, 5.41) is 12.2. The number of allylic oxidation sites excluding steroid dienone is 2. The molecule has 2 aliphatic heterocycles. The van der Waals surface area contributed by atoms with E-state index in [9.17, 15) is 14.4 Å². The van der Waals surface area contributed by atoms with Gasteiger partial charge in [0.2, 0.25) is 0 Å². The highest BCUT2D eigenvalue weighted by Gasteiger charge is 2.38. The summed E-state index contributed by atoms with van der Waals surface area (Å²) < 4.78 is 11.7. The molecular weight excluding hydrogens is 556 g/mol. The molecule has 3 aromatic rings. The number of carbonyl (C=O) groups is 3. The van der Waals surface area contributed by atoms with Gasteiger partial charge >= 0.3 is 18.0 Å². The third-order valence-electron chi connectivity index (χ3n) is 7.77. The number of rotatable bonds is 9. The first-order valence-electron chi connectivity index (χ1n) is 14.9. The third kappa shape index (κ3) is 7.73. The minimum absolute atomic E-state index is 0.0989. The van der Waals surface area contributed by atoms with E-state index in [-0.39, 0.29) is 18.7 Å². The van der Waals surface area contributed by atoms with Gasteiger partial charge in [-0.1, -0.05) is 72.8 Å². The molecule has 0 saturated carbocycles. The molecule has 1 saturated heterocycles. The number of piperidine rings is 1. The van der Waals surface area contributed by atoms with Crippen LogP contribution in [0.4, 0.5) is 10.5 Å². The van der Waals surface area contributed by atoms with Crippen LogP contribution >= 0.6 is 0 Å². The molecule has 5 rings (SSSR count). The van der Waals surface area contributed by atoms with E-state index in [4.69, 9.17) is 9.47 Å². The number of benzene rings is 3.